The molecule has 0 aliphatic carbocycles. The minimum absolute atomic E-state index is 0.0218. The van der Waals surface area contributed by atoms with Crippen LogP contribution in [-0.4, -0.2) is 98.0 Å². The zero-order chi connectivity index (χ0) is 85.8. The number of benzene rings is 8. The van der Waals surface area contributed by atoms with Crippen LogP contribution in [0.4, 0.5) is 32.1 Å². The first-order valence-electron chi connectivity index (χ1n) is 40.0. The molecule has 8 aromatic carbocycles. The molecule has 12 aromatic heterocycles. The highest BCUT2D eigenvalue weighted by Gasteiger charge is 2.27. The van der Waals surface area contributed by atoms with Crippen LogP contribution >= 0.6 is 11.6 Å². The van der Waals surface area contributed by atoms with Crippen LogP contribution in [0.3, 0.4) is 0 Å². The second-order valence-corrected chi connectivity index (χ2v) is 29.9. The molecular weight excluding hydrogens is 1590 g/mol. The fraction of sp³-hybridized carbons (Fsp3) is 0.140. The van der Waals surface area contributed by atoms with Gasteiger partial charge >= 0.3 is 0 Å². The summed E-state index contributed by atoms with van der Waals surface area (Å²) in [7, 11) is 0. The van der Waals surface area contributed by atoms with Crippen molar-refractivity contribution in [2.75, 3.05) is 21.3 Å². The van der Waals surface area contributed by atoms with E-state index in [1.165, 1.54) is 48.1 Å². The van der Waals surface area contributed by atoms with Gasteiger partial charge in [-0.2, -0.15) is 0 Å². The molecule has 20 rings (SSSR count). The third-order valence-electron chi connectivity index (χ3n) is 21.7. The predicted molar refractivity (Wildman–Crippen MR) is 481 cm³/mol. The van der Waals surface area contributed by atoms with Gasteiger partial charge in [-0.05, 0) is 177 Å². The van der Waals surface area contributed by atoms with Crippen LogP contribution in [0, 0.1) is 32.4 Å². The van der Waals surface area contributed by atoms with Crippen molar-refractivity contribution in [2.24, 2.45) is 0 Å². The number of rotatable bonds is 18. The Morgan fingerprint density at radius 3 is 1.06 bits per heavy atom. The molecule has 0 fully saturated rings. The van der Waals surface area contributed by atoms with Gasteiger partial charge in [0.15, 0.2) is 45.9 Å². The smallest absolute Gasteiger partial charge is 0.264 e. The first-order valence-corrected chi connectivity index (χ1v) is 40.3. The molecule has 0 saturated carbocycles. The van der Waals surface area contributed by atoms with E-state index < -0.39 is 5.82 Å². The first-order chi connectivity index (χ1) is 60.4. The van der Waals surface area contributed by atoms with Crippen LogP contribution in [0.5, 0.6) is 0 Å². The standard InChI is InChI=1S/C24H21FN6O.C24H22N6O.C23H19FN6O.C22H17ClN6O/c1-3-18(30-23-21-22(27-12-26-21)28-13-29-23)19-11-15-6-4-5-14(2)20(15)24(32)31(19)17-9-7-16(25)8-10-17;1-3-18(29-23-21-22(26-13-25-21)27-14-28-23)19-12-16-9-7-8-15(2)20(16)24(31)30(19)17-10-5-4-6-11-17;1-13-6-5-7-15-10-18(14(2)29-22-20-21(26-11-25-20)27-12-28-22)30(23(31)19(13)15)17-9-4-3-8-16(17)24;1-13(28-21-19-20(25-11-24-19)26-12-27-21)17-10-14-6-5-9-16(23)18(14)22(30)29(17)15-7-3-2-4-8-15/h4-13,18H,3H2,1-2H3,(H2,26,27,28,29,30);4-14,18H,3H2,1-2H3,(H2,25,26,27,28,29);3-12,14H,1-2H3,(H2,25,26,27,28,29);2-13H,1H3,(H2,24,25,26,27,28). The number of fused-ring (bicyclic) bond motifs is 8. The topological polar surface area (TPSA) is 354 Å². The number of hydrogen-bond acceptors (Lipinski definition) is 20. The number of imidazole rings is 4. The molecule has 0 aliphatic heterocycles. The molecule has 0 aliphatic rings. The van der Waals surface area contributed by atoms with Gasteiger partial charge in [0.05, 0.1) is 81.7 Å². The van der Waals surface area contributed by atoms with Gasteiger partial charge in [0.1, 0.15) is 59.0 Å². The molecule has 616 valence electrons. The fourth-order valence-electron chi connectivity index (χ4n) is 15.7. The lowest BCUT2D eigenvalue weighted by Gasteiger charge is -2.24. The second-order valence-electron chi connectivity index (χ2n) is 29.5. The molecule has 20 aromatic rings. The van der Waals surface area contributed by atoms with Gasteiger partial charge in [0.25, 0.3) is 22.2 Å². The monoisotopic (exact) mass is 1670 g/mol. The van der Waals surface area contributed by atoms with Crippen molar-refractivity contribution in [1.29, 1.82) is 0 Å². The molecule has 0 amide bonds. The number of nitrogens with one attached hydrogen (secondary N) is 8. The number of aromatic amines is 4. The van der Waals surface area contributed by atoms with Crippen molar-refractivity contribution in [3.8, 4) is 22.7 Å². The Morgan fingerprint density at radius 2 is 0.669 bits per heavy atom. The number of aryl methyl sites for hydroxylation is 3. The quantitative estimate of drug-likeness (QED) is 0.0395. The van der Waals surface area contributed by atoms with Crippen LogP contribution < -0.4 is 43.5 Å². The summed E-state index contributed by atoms with van der Waals surface area (Å²) in [6, 6.07) is 61.4. The zero-order valence-corrected chi connectivity index (χ0v) is 68.7. The van der Waals surface area contributed by atoms with Crippen LogP contribution in [0.15, 0.2) is 276 Å². The van der Waals surface area contributed by atoms with Crippen molar-refractivity contribution >= 4 is 123 Å². The summed E-state index contributed by atoms with van der Waals surface area (Å²) in [5, 5.41) is 19.9. The van der Waals surface area contributed by atoms with E-state index in [1.54, 1.807) is 70.8 Å². The van der Waals surface area contributed by atoms with E-state index in [9.17, 15) is 28.0 Å². The number of hydrogen-bond donors (Lipinski definition) is 8. The molecule has 0 saturated heterocycles. The maximum Gasteiger partial charge on any atom is 0.264 e. The lowest BCUT2D eigenvalue weighted by atomic mass is 10.0. The van der Waals surface area contributed by atoms with Gasteiger partial charge in [-0.15, -0.1) is 0 Å². The average Bonchev–Trinajstić information content (AvgIpc) is 0.908. The Balaban J connectivity index is 0.000000117. The molecular formula is C93H79ClF2N24O4. The van der Waals surface area contributed by atoms with Crippen molar-refractivity contribution in [3.63, 3.8) is 0 Å². The Morgan fingerprint density at radius 1 is 0.347 bits per heavy atom. The van der Waals surface area contributed by atoms with Crippen molar-refractivity contribution < 1.29 is 8.78 Å². The van der Waals surface area contributed by atoms with Gasteiger partial charge in [0, 0.05) is 39.8 Å². The molecule has 4 atom stereocenters. The number of para-hydroxylation sites is 3. The fourth-order valence-corrected chi connectivity index (χ4v) is 16.0. The molecule has 124 heavy (non-hydrogen) atoms. The summed E-state index contributed by atoms with van der Waals surface area (Å²) in [5.41, 5.74) is 12.6. The average molecular weight is 1670 g/mol. The number of anilines is 4. The van der Waals surface area contributed by atoms with Crippen LogP contribution in [0.1, 0.15) is 104 Å². The van der Waals surface area contributed by atoms with Crippen molar-refractivity contribution in [1.82, 2.24) is 98.0 Å². The first kappa shape index (κ1) is 80.6. The third-order valence-corrected chi connectivity index (χ3v) is 22.0. The lowest BCUT2D eigenvalue weighted by molar-refractivity contribution is 0.611. The van der Waals surface area contributed by atoms with E-state index in [-0.39, 0.29) is 57.9 Å². The SMILES string of the molecule is CC(Nc1ncnc2nc[nH]c12)c1cc2cccc(Cl)c2c(=O)n1-c1ccccc1.CCC(Nc1ncnc2nc[nH]c12)c1cc2cccc(C)c2c(=O)n1-c1ccc(F)cc1.CCC(Nc1ncnc2nc[nH]c12)c1cc2cccc(C)c2c(=O)n1-c1ccccc1.Cc1cccc2cc(C(C)Nc3ncnc4nc[nH]c34)n(-c3ccccc3F)c(=O)c12. The Kier molecular flexibility index (Phi) is 22.6. The van der Waals surface area contributed by atoms with E-state index in [0.717, 1.165) is 84.0 Å². The number of halogens is 3. The third kappa shape index (κ3) is 15.7. The summed E-state index contributed by atoms with van der Waals surface area (Å²) in [5.74, 6) is 1.60. The molecule has 8 N–H and O–H groups in total. The minimum atomic E-state index is -0.469. The number of H-pyrrole nitrogens is 4. The molecule has 0 bridgehead atoms. The van der Waals surface area contributed by atoms with Crippen LogP contribution in [-0.2, 0) is 0 Å². The second kappa shape index (κ2) is 34.8. The van der Waals surface area contributed by atoms with E-state index in [4.69, 9.17) is 11.6 Å². The highest BCUT2D eigenvalue weighted by molar-refractivity contribution is 6.35. The molecule has 0 spiro atoms. The summed E-state index contributed by atoms with van der Waals surface area (Å²) in [6.07, 6.45) is 13.6. The van der Waals surface area contributed by atoms with E-state index in [2.05, 4.69) is 114 Å². The zero-order valence-electron chi connectivity index (χ0n) is 67.9. The van der Waals surface area contributed by atoms with Gasteiger partial charge < -0.3 is 41.2 Å². The highest BCUT2D eigenvalue weighted by Crippen LogP contribution is 2.35. The van der Waals surface area contributed by atoms with Crippen molar-refractivity contribution in [2.45, 2.75) is 85.5 Å². The van der Waals surface area contributed by atoms with E-state index >= 15 is 0 Å². The maximum atomic E-state index is 14.8. The Hall–Kier alpha value is -15.9. The number of nitrogens with zero attached hydrogens (tertiary/aromatic N) is 16. The molecule has 0 radical (unpaired) electrons. The Labute approximate surface area is 709 Å². The predicted octanol–water partition coefficient (Wildman–Crippen LogP) is 18.0. The minimum Gasteiger partial charge on any atom is -0.360 e. The summed E-state index contributed by atoms with van der Waals surface area (Å²) in [6.45, 7) is 13.8. The van der Waals surface area contributed by atoms with Crippen LogP contribution in [0.25, 0.3) is 110 Å². The molecule has 12 heterocycles. The molecule has 4 unspecified atom stereocenters. The summed E-state index contributed by atoms with van der Waals surface area (Å²) in [4.78, 5) is 118. The van der Waals surface area contributed by atoms with Gasteiger partial charge in [-0.1, -0.05) is 141 Å². The highest BCUT2D eigenvalue weighted by atomic mass is 35.5. The van der Waals surface area contributed by atoms with Gasteiger partial charge in [-0.3, -0.25) is 37.4 Å². The summed E-state index contributed by atoms with van der Waals surface area (Å²) >= 11 is 6.38. The molecule has 31 heteroatoms. The molecule has 28 nitrogen and oxygen atoms in total. The Bertz CT molecular complexity index is 7640. The normalized spacial score (nSPS) is 12.3. The largest absolute Gasteiger partial charge is 0.360 e. The van der Waals surface area contributed by atoms with Crippen molar-refractivity contribution in [3.05, 3.63) is 354 Å². The summed E-state index contributed by atoms with van der Waals surface area (Å²) < 4.78 is 35.0. The van der Waals surface area contributed by atoms with Gasteiger partial charge in [0.2, 0.25) is 0 Å². The lowest BCUT2D eigenvalue weighted by Crippen LogP contribution is -2.27. The number of aromatic nitrogens is 20. The number of pyridine rings is 4. The van der Waals surface area contributed by atoms with E-state index in [1.807, 2.05) is 192 Å². The van der Waals surface area contributed by atoms with Gasteiger partial charge in [-0.25, -0.2) is 68.6 Å². The van der Waals surface area contributed by atoms with Crippen LogP contribution in [0.2, 0.25) is 5.02 Å². The van der Waals surface area contributed by atoms with E-state index in [0.29, 0.717) is 101 Å². The maximum absolute atomic E-state index is 14.8.